The molecule has 5 nitrogen and oxygen atoms in total. The Morgan fingerprint density at radius 2 is 1.74 bits per heavy atom. The molecule has 0 atom stereocenters. The summed E-state index contributed by atoms with van der Waals surface area (Å²) in [5, 5.41) is 7.61. The van der Waals surface area contributed by atoms with Crippen LogP contribution in [0.5, 0.6) is 0 Å². The van der Waals surface area contributed by atoms with Gasteiger partial charge >= 0.3 is 0 Å². The molecule has 1 aromatic carbocycles. The maximum atomic E-state index is 13.3. The van der Waals surface area contributed by atoms with Crippen LogP contribution in [0.4, 0.5) is 4.39 Å². The summed E-state index contributed by atoms with van der Waals surface area (Å²) in [6.45, 7) is 0. The van der Waals surface area contributed by atoms with Crippen molar-refractivity contribution in [2.24, 2.45) is 0 Å². The summed E-state index contributed by atoms with van der Waals surface area (Å²) in [6, 6.07) is 11.8. The second kappa shape index (κ2) is 7.70. The fourth-order valence-electron chi connectivity index (χ4n) is 3.51. The predicted octanol–water partition coefficient (Wildman–Crippen LogP) is 4.14. The van der Waals surface area contributed by atoms with Gasteiger partial charge in [-0.25, -0.2) is 9.07 Å². The summed E-state index contributed by atoms with van der Waals surface area (Å²) >= 11 is 0. The molecule has 4 rings (SSSR count). The van der Waals surface area contributed by atoms with E-state index in [0.717, 1.165) is 36.9 Å². The monoisotopic (exact) mass is 364 g/mol. The Labute approximate surface area is 157 Å². The first kappa shape index (κ1) is 17.4. The van der Waals surface area contributed by atoms with Crippen LogP contribution in [0.2, 0.25) is 0 Å². The first-order valence-electron chi connectivity index (χ1n) is 9.28. The number of aromatic nitrogens is 3. The molecule has 0 saturated heterocycles. The van der Waals surface area contributed by atoms with Crippen molar-refractivity contribution in [3.8, 4) is 16.9 Å². The maximum Gasteiger partial charge on any atom is 0.272 e. The lowest BCUT2D eigenvalue weighted by atomic mass is 9.95. The van der Waals surface area contributed by atoms with Gasteiger partial charge in [-0.3, -0.25) is 9.78 Å². The number of carbonyl (C=O) groups is 1. The van der Waals surface area contributed by atoms with Crippen LogP contribution in [0.3, 0.4) is 0 Å². The maximum absolute atomic E-state index is 13.3. The minimum atomic E-state index is -0.313. The van der Waals surface area contributed by atoms with Crippen LogP contribution in [0, 0.1) is 5.82 Å². The summed E-state index contributed by atoms with van der Waals surface area (Å²) in [5.41, 5.74) is 2.70. The highest BCUT2D eigenvalue weighted by Crippen LogP contribution is 2.24. The van der Waals surface area contributed by atoms with Gasteiger partial charge in [-0.05, 0) is 55.3 Å². The van der Waals surface area contributed by atoms with E-state index in [2.05, 4.69) is 15.4 Å². The van der Waals surface area contributed by atoms with Gasteiger partial charge in [0.15, 0.2) is 5.69 Å². The Kier molecular flexibility index (Phi) is 4.96. The van der Waals surface area contributed by atoms with E-state index in [4.69, 9.17) is 0 Å². The van der Waals surface area contributed by atoms with Gasteiger partial charge in [-0.15, -0.1) is 0 Å². The molecule has 0 spiro atoms. The van der Waals surface area contributed by atoms with E-state index in [1.165, 1.54) is 18.6 Å². The smallest absolute Gasteiger partial charge is 0.272 e. The second-order valence-electron chi connectivity index (χ2n) is 6.85. The van der Waals surface area contributed by atoms with E-state index in [-0.39, 0.29) is 17.8 Å². The van der Waals surface area contributed by atoms with Crippen LogP contribution >= 0.6 is 0 Å². The van der Waals surface area contributed by atoms with Crippen LogP contribution in [0.25, 0.3) is 16.9 Å². The molecule has 1 aliphatic rings. The first-order chi connectivity index (χ1) is 13.2. The third kappa shape index (κ3) is 3.89. The summed E-state index contributed by atoms with van der Waals surface area (Å²) in [6.07, 6.45) is 8.95. The van der Waals surface area contributed by atoms with Gasteiger partial charge in [-0.1, -0.05) is 19.3 Å². The lowest BCUT2D eigenvalue weighted by Crippen LogP contribution is -2.36. The van der Waals surface area contributed by atoms with Crippen LogP contribution in [0.1, 0.15) is 42.6 Å². The molecule has 1 aliphatic carbocycles. The molecule has 27 heavy (non-hydrogen) atoms. The third-order valence-electron chi connectivity index (χ3n) is 4.93. The number of carbonyl (C=O) groups excluding carboxylic acids is 1. The lowest BCUT2D eigenvalue weighted by Gasteiger charge is -2.22. The molecule has 138 valence electrons. The Morgan fingerprint density at radius 1 is 1.04 bits per heavy atom. The van der Waals surface area contributed by atoms with E-state index >= 15 is 0 Å². The van der Waals surface area contributed by atoms with E-state index in [1.54, 1.807) is 35.3 Å². The number of hydrogen-bond donors (Lipinski definition) is 1. The van der Waals surface area contributed by atoms with Gasteiger partial charge < -0.3 is 5.32 Å². The summed E-state index contributed by atoms with van der Waals surface area (Å²) < 4.78 is 15.0. The molecule has 6 heteroatoms. The molecule has 1 N–H and O–H groups in total. The topological polar surface area (TPSA) is 59.8 Å². The number of halogens is 1. The van der Waals surface area contributed by atoms with E-state index in [0.29, 0.717) is 11.4 Å². The molecule has 0 bridgehead atoms. The number of nitrogens with one attached hydrogen (secondary N) is 1. The van der Waals surface area contributed by atoms with Gasteiger partial charge in [0, 0.05) is 24.0 Å². The average molecular weight is 364 g/mol. The van der Waals surface area contributed by atoms with Gasteiger partial charge in [0.25, 0.3) is 5.91 Å². The SMILES string of the molecule is O=C(NC1CCCCC1)c1cc(-c2ccncc2)n(-c2ccc(F)cc2)n1. The third-order valence-corrected chi connectivity index (χ3v) is 4.93. The molecule has 1 saturated carbocycles. The van der Waals surface area contributed by atoms with E-state index in [1.807, 2.05) is 12.1 Å². The van der Waals surface area contributed by atoms with Gasteiger partial charge in [0.1, 0.15) is 5.82 Å². The number of amides is 1. The van der Waals surface area contributed by atoms with Crippen LogP contribution in [0.15, 0.2) is 54.9 Å². The van der Waals surface area contributed by atoms with Crippen LogP contribution in [-0.4, -0.2) is 26.7 Å². The van der Waals surface area contributed by atoms with Crippen molar-refractivity contribution in [3.63, 3.8) is 0 Å². The van der Waals surface area contributed by atoms with Crippen molar-refractivity contribution in [2.45, 2.75) is 38.1 Å². The Bertz CT molecular complexity index is 915. The quantitative estimate of drug-likeness (QED) is 0.757. The molecule has 0 unspecified atom stereocenters. The fraction of sp³-hybridized carbons (Fsp3) is 0.286. The average Bonchev–Trinajstić information content (AvgIpc) is 3.16. The Balaban J connectivity index is 1.69. The van der Waals surface area contributed by atoms with Crippen molar-refractivity contribution in [2.75, 3.05) is 0 Å². The zero-order valence-corrected chi connectivity index (χ0v) is 14.9. The highest BCUT2D eigenvalue weighted by atomic mass is 19.1. The van der Waals surface area contributed by atoms with Crippen LogP contribution < -0.4 is 5.32 Å². The zero-order chi connectivity index (χ0) is 18.6. The Morgan fingerprint density at radius 3 is 2.44 bits per heavy atom. The molecule has 1 fully saturated rings. The minimum absolute atomic E-state index is 0.168. The van der Waals surface area contributed by atoms with Gasteiger partial charge in [0.05, 0.1) is 11.4 Å². The number of benzene rings is 1. The first-order valence-corrected chi connectivity index (χ1v) is 9.28. The molecular formula is C21H21FN4O. The summed E-state index contributed by atoms with van der Waals surface area (Å²) in [7, 11) is 0. The van der Waals surface area contributed by atoms with Crippen molar-refractivity contribution >= 4 is 5.91 Å². The number of hydrogen-bond acceptors (Lipinski definition) is 3. The molecule has 1 amide bonds. The second-order valence-corrected chi connectivity index (χ2v) is 6.85. The number of nitrogens with zero attached hydrogens (tertiary/aromatic N) is 3. The molecule has 2 aromatic heterocycles. The normalized spacial score (nSPS) is 14.9. The molecule has 0 radical (unpaired) electrons. The van der Waals surface area contributed by atoms with Crippen molar-refractivity contribution in [1.29, 1.82) is 0 Å². The summed E-state index contributed by atoms with van der Waals surface area (Å²) in [4.78, 5) is 16.8. The standard InChI is InChI=1S/C21H21FN4O/c22-16-6-8-18(9-7-16)26-20(15-10-12-23-13-11-15)14-19(25-26)21(27)24-17-4-2-1-3-5-17/h6-14,17H,1-5H2,(H,24,27). The molecule has 0 aliphatic heterocycles. The number of rotatable bonds is 4. The highest BCUT2D eigenvalue weighted by molar-refractivity contribution is 5.93. The highest BCUT2D eigenvalue weighted by Gasteiger charge is 2.21. The lowest BCUT2D eigenvalue weighted by molar-refractivity contribution is 0.0922. The molecule has 2 heterocycles. The molecular weight excluding hydrogens is 343 g/mol. The van der Waals surface area contributed by atoms with Gasteiger partial charge in [0.2, 0.25) is 0 Å². The van der Waals surface area contributed by atoms with Crippen molar-refractivity contribution in [1.82, 2.24) is 20.1 Å². The van der Waals surface area contributed by atoms with E-state index < -0.39 is 0 Å². The predicted molar refractivity (Wildman–Crippen MR) is 101 cm³/mol. The Hall–Kier alpha value is -3.02. The van der Waals surface area contributed by atoms with Crippen LogP contribution in [-0.2, 0) is 0 Å². The van der Waals surface area contributed by atoms with E-state index in [9.17, 15) is 9.18 Å². The number of pyridine rings is 1. The minimum Gasteiger partial charge on any atom is -0.348 e. The fourth-order valence-corrected chi connectivity index (χ4v) is 3.51. The molecule has 3 aromatic rings. The summed E-state index contributed by atoms with van der Waals surface area (Å²) in [5.74, 6) is -0.482. The zero-order valence-electron chi connectivity index (χ0n) is 14.9. The largest absolute Gasteiger partial charge is 0.348 e. The van der Waals surface area contributed by atoms with Crippen molar-refractivity contribution in [3.05, 3.63) is 66.4 Å². The van der Waals surface area contributed by atoms with Gasteiger partial charge in [-0.2, -0.15) is 5.10 Å². The van der Waals surface area contributed by atoms with Crippen molar-refractivity contribution < 1.29 is 9.18 Å².